The minimum Gasteiger partial charge on any atom is -0.318 e. The lowest BCUT2D eigenvalue weighted by Crippen LogP contribution is -2.26. The van der Waals surface area contributed by atoms with Gasteiger partial charge in [0.05, 0.1) is 0 Å². The van der Waals surface area contributed by atoms with Gasteiger partial charge in [-0.2, -0.15) is 0 Å². The van der Waals surface area contributed by atoms with Crippen LogP contribution in [0.1, 0.15) is 12.5 Å². The summed E-state index contributed by atoms with van der Waals surface area (Å²) in [6.07, 6.45) is 1.11. The van der Waals surface area contributed by atoms with Crippen molar-refractivity contribution in [3.63, 3.8) is 0 Å². The Labute approximate surface area is 103 Å². The van der Waals surface area contributed by atoms with Gasteiger partial charge >= 0.3 is 0 Å². The maximum Gasteiger partial charge on any atom is 0.00767 e. The zero-order chi connectivity index (χ0) is 11.6. The fourth-order valence-corrected chi connectivity index (χ4v) is 2.15. The van der Waals surface area contributed by atoms with Crippen LogP contribution < -0.4 is 10.6 Å². The Morgan fingerprint density at radius 1 is 1.06 bits per heavy atom. The van der Waals surface area contributed by atoms with E-state index in [1.165, 1.54) is 10.5 Å². The molecular formula is C13H22N2S. The third-order valence-corrected chi connectivity index (χ3v) is 3.27. The van der Waals surface area contributed by atoms with Crippen molar-refractivity contribution >= 4 is 11.8 Å². The second-order valence-electron chi connectivity index (χ2n) is 3.68. The van der Waals surface area contributed by atoms with Crippen LogP contribution >= 0.6 is 11.8 Å². The molecule has 0 saturated carbocycles. The van der Waals surface area contributed by atoms with Crippen molar-refractivity contribution in [1.29, 1.82) is 0 Å². The number of nitrogens with one attached hydrogen (secondary N) is 2. The second kappa shape index (κ2) is 8.62. The van der Waals surface area contributed by atoms with E-state index < -0.39 is 0 Å². The zero-order valence-electron chi connectivity index (χ0n) is 10.3. The third kappa shape index (κ3) is 5.54. The average Bonchev–Trinajstić information content (AvgIpc) is 2.31. The van der Waals surface area contributed by atoms with Crippen molar-refractivity contribution in [3.05, 3.63) is 29.8 Å². The van der Waals surface area contributed by atoms with Gasteiger partial charge in [0.1, 0.15) is 0 Å². The molecule has 90 valence electrons. The van der Waals surface area contributed by atoms with Crippen LogP contribution in [0.3, 0.4) is 0 Å². The average molecular weight is 238 g/mol. The number of hydrogen-bond donors (Lipinski definition) is 2. The van der Waals surface area contributed by atoms with E-state index in [0.29, 0.717) is 0 Å². The van der Waals surface area contributed by atoms with E-state index >= 15 is 0 Å². The van der Waals surface area contributed by atoms with Gasteiger partial charge in [-0.15, -0.1) is 11.8 Å². The lowest BCUT2D eigenvalue weighted by molar-refractivity contribution is 0.649. The van der Waals surface area contributed by atoms with Gasteiger partial charge in [-0.05, 0) is 43.5 Å². The third-order valence-electron chi connectivity index (χ3n) is 2.38. The number of likely N-dealkylation sites (N-methyl/N-ethyl adjacent to an activating group) is 1. The molecule has 0 amide bonds. The first-order valence-corrected chi connectivity index (χ1v) is 6.92. The maximum absolute atomic E-state index is 3.41. The van der Waals surface area contributed by atoms with Gasteiger partial charge in [0, 0.05) is 18.0 Å². The molecule has 1 aromatic carbocycles. The van der Waals surface area contributed by atoms with Crippen molar-refractivity contribution in [2.45, 2.75) is 18.2 Å². The van der Waals surface area contributed by atoms with Crippen molar-refractivity contribution < 1.29 is 0 Å². The molecule has 0 heterocycles. The smallest absolute Gasteiger partial charge is 0.00767 e. The van der Waals surface area contributed by atoms with Gasteiger partial charge in [0.2, 0.25) is 0 Å². The molecule has 0 spiro atoms. The molecule has 0 atom stereocenters. The van der Waals surface area contributed by atoms with E-state index in [9.17, 15) is 0 Å². The summed E-state index contributed by atoms with van der Waals surface area (Å²) < 4.78 is 0. The lowest BCUT2D eigenvalue weighted by atomic mass is 10.1. The zero-order valence-corrected chi connectivity index (χ0v) is 11.1. The molecule has 0 aliphatic carbocycles. The van der Waals surface area contributed by atoms with Crippen LogP contribution in [0.15, 0.2) is 29.2 Å². The topological polar surface area (TPSA) is 24.1 Å². The van der Waals surface area contributed by atoms with Gasteiger partial charge in [-0.1, -0.05) is 19.1 Å². The molecule has 0 unspecified atom stereocenters. The summed E-state index contributed by atoms with van der Waals surface area (Å²) in [5.41, 5.74) is 1.41. The highest BCUT2D eigenvalue weighted by Crippen LogP contribution is 2.17. The monoisotopic (exact) mass is 238 g/mol. The van der Waals surface area contributed by atoms with Gasteiger partial charge in [0.15, 0.2) is 0 Å². The number of thioether (sulfide) groups is 1. The number of benzene rings is 1. The summed E-state index contributed by atoms with van der Waals surface area (Å²) in [6.45, 7) is 5.32. The highest BCUT2D eigenvalue weighted by Gasteiger charge is 1.94. The van der Waals surface area contributed by atoms with Crippen molar-refractivity contribution in [3.8, 4) is 0 Å². The van der Waals surface area contributed by atoms with Crippen LogP contribution in [0.5, 0.6) is 0 Å². The molecule has 0 saturated heterocycles. The number of hydrogen-bond acceptors (Lipinski definition) is 3. The summed E-state index contributed by atoms with van der Waals surface area (Å²) >= 11 is 1.90. The summed E-state index contributed by atoms with van der Waals surface area (Å²) in [4.78, 5) is 1.37. The van der Waals surface area contributed by atoms with Crippen LogP contribution in [-0.4, -0.2) is 32.4 Å². The van der Waals surface area contributed by atoms with Crippen LogP contribution in [0.4, 0.5) is 0 Å². The largest absolute Gasteiger partial charge is 0.318 e. The van der Waals surface area contributed by atoms with Crippen molar-refractivity contribution in [2.75, 3.05) is 32.4 Å². The molecule has 2 N–H and O–H groups in total. The van der Waals surface area contributed by atoms with E-state index in [1.54, 1.807) is 0 Å². The standard InChI is InChI=1S/C13H22N2S/c1-3-16-13-6-4-12(5-7-13)8-9-15-11-10-14-2/h4-7,14-15H,3,8-11H2,1-2H3. The molecule has 0 aromatic heterocycles. The molecule has 0 radical (unpaired) electrons. The number of rotatable bonds is 8. The Hall–Kier alpha value is -0.510. The summed E-state index contributed by atoms with van der Waals surface area (Å²) in [5, 5.41) is 6.53. The minimum absolute atomic E-state index is 1.03. The molecule has 0 aliphatic rings. The van der Waals surface area contributed by atoms with E-state index in [0.717, 1.165) is 31.8 Å². The van der Waals surface area contributed by atoms with E-state index in [-0.39, 0.29) is 0 Å². The van der Waals surface area contributed by atoms with Crippen molar-refractivity contribution in [1.82, 2.24) is 10.6 Å². The molecule has 0 aliphatic heterocycles. The predicted octanol–water partition coefficient (Wildman–Crippen LogP) is 2.15. The molecule has 0 bridgehead atoms. The second-order valence-corrected chi connectivity index (χ2v) is 5.02. The fraction of sp³-hybridized carbons (Fsp3) is 0.538. The summed E-state index contributed by atoms with van der Waals surface area (Å²) in [7, 11) is 1.98. The SMILES string of the molecule is CCSc1ccc(CCNCCNC)cc1. The Kier molecular flexibility index (Phi) is 7.30. The Bertz CT molecular complexity index is 272. The molecule has 1 rings (SSSR count). The van der Waals surface area contributed by atoms with Crippen LogP contribution in [0, 0.1) is 0 Å². The lowest BCUT2D eigenvalue weighted by Gasteiger charge is -2.05. The molecule has 16 heavy (non-hydrogen) atoms. The fourth-order valence-electron chi connectivity index (χ4n) is 1.49. The molecule has 2 nitrogen and oxygen atoms in total. The van der Waals surface area contributed by atoms with Gasteiger partial charge in [0.25, 0.3) is 0 Å². The molecule has 3 heteroatoms. The minimum atomic E-state index is 1.03. The maximum atomic E-state index is 3.41. The Morgan fingerprint density at radius 3 is 2.44 bits per heavy atom. The molecule has 1 aromatic rings. The normalized spacial score (nSPS) is 10.6. The highest BCUT2D eigenvalue weighted by molar-refractivity contribution is 7.99. The van der Waals surface area contributed by atoms with E-state index in [4.69, 9.17) is 0 Å². The van der Waals surface area contributed by atoms with Crippen molar-refractivity contribution in [2.24, 2.45) is 0 Å². The van der Waals surface area contributed by atoms with E-state index in [2.05, 4.69) is 41.8 Å². The first kappa shape index (κ1) is 13.6. The molecule has 0 fully saturated rings. The summed E-state index contributed by atoms with van der Waals surface area (Å²) in [5.74, 6) is 1.14. The Balaban J connectivity index is 2.21. The quantitative estimate of drug-likeness (QED) is 0.536. The first-order valence-electron chi connectivity index (χ1n) is 5.94. The van der Waals surface area contributed by atoms with Gasteiger partial charge < -0.3 is 10.6 Å². The van der Waals surface area contributed by atoms with Crippen LogP contribution in [0.25, 0.3) is 0 Å². The highest BCUT2D eigenvalue weighted by atomic mass is 32.2. The van der Waals surface area contributed by atoms with E-state index in [1.807, 2.05) is 18.8 Å². The van der Waals surface area contributed by atoms with Crippen LogP contribution in [0.2, 0.25) is 0 Å². The summed E-state index contributed by atoms with van der Waals surface area (Å²) in [6, 6.07) is 8.91. The first-order chi connectivity index (χ1) is 7.86. The van der Waals surface area contributed by atoms with Gasteiger partial charge in [-0.25, -0.2) is 0 Å². The molecular weight excluding hydrogens is 216 g/mol. The Morgan fingerprint density at radius 2 is 1.81 bits per heavy atom. The van der Waals surface area contributed by atoms with Gasteiger partial charge in [-0.3, -0.25) is 0 Å². The van der Waals surface area contributed by atoms with Crippen LogP contribution in [-0.2, 0) is 6.42 Å². The predicted molar refractivity (Wildman–Crippen MR) is 73.3 cm³/mol.